The lowest BCUT2D eigenvalue weighted by Crippen LogP contribution is -1.94. The van der Waals surface area contributed by atoms with E-state index < -0.39 is 0 Å². The van der Waals surface area contributed by atoms with Gasteiger partial charge in [0, 0.05) is 18.3 Å². The number of rotatable bonds is 4. The molecule has 7 nitrogen and oxygen atoms in total. The zero-order chi connectivity index (χ0) is 22.0. The molecule has 0 aliphatic carbocycles. The van der Waals surface area contributed by atoms with Crippen molar-refractivity contribution in [3.8, 4) is 11.8 Å². The van der Waals surface area contributed by atoms with Crippen molar-refractivity contribution in [2.75, 3.05) is 5.32 Å². The largest absolute Gasteiger partial charge is 0.342 e. The quantitative estimate of drug-likeness (QED) is 0.330. The van der Waals surface area contributed by atoms with Crippen molar-refractivity contribution in [1.29, 1.82) is 0 Å². The highest BCUT2D eigenvalue weighted by molar-refractivity contribution is 7.20. The maximum atomic E-state index is 4.77. The van der Waals surface area contributed by atoms with E-state index in [4.69, 9.17) is 4.98 Å². The SMILES string of the molecule is C(#Cc1cc2ncnc(Nc3ccc4[nH]c(Cc5ccccc5)nc4c3)c2s1)c1cn[nH]c1. The maximum absolute atomic E-state index is 4.77. The van der Waals surface area contributed by atoms with Crippen LogP contribution in [0.5, 0.6) is 0 Å². The van der Waals surface area contributed by atoms with Crippen molar-refractivity contribution in [3.05, 3.63) is 95.1 Å². The molecule has 0 aliphatic rings. The fourth-order valence-electron chi connectivity index (χ4n) is 3.60. The highest BCUT2D eigenvalue weighted by atomic mass is 32.1. The molecule has 6 rings (SSSR count). The first kappa shape index (κ1) is 19.2. The summed E-state index contributed by atoms with van der Waals surface area (Å²) in [6.07, 6.45) is 5.80. The molecule has 0 saturated heterocycles. The van der Waals surface area contributed by atoms with E-state index in [0.29, 0.717) is 0 Å². The molecule has 0 fully saturated rings. The summed E-state index contributed by atoms with van der Waals surface area (Å²) < 4.78 is 0.959. The Kier molecular flexibility index (Phi) is 4.79. The number of aromatic nitrogens is 6. The number of benzene rings is 2. The number of imidazole rings is 1. The van der Waals surface area contributed by atoms with Crippen LogP contribution < -0.4 is 5.32 Å². The second-order valence-electron chi connectivity index (χ2n) is 7.49. The highest BCUT2D eigenvalue weighted by Gasteiger charge is 2.10. The van der Waals surface area contributed by atoms with Gasteiger partial charge in [-0.25, -0.2) is 15.0 Å². The number of nitrogens with zero attached hydrogens (tertiary/aromatic N) is 4. The van der Waals surface area contributed by atoms with E-state index in [-0.39, 0.29) is 0 Å². The molecule has 6 aromatic rings. The Balaban J connectivity index is 1.27. The van der Waals surface area contributed by atoms with Crippen molar-refractivity contribution in [2.45, 2.75) is 6.42 Å². The van der Waals surface area contributed by atoms with Gasteiger partial charge in [0.25, 0.3) is 0 Å². The van der Waals surface area contributed by atoms with Crippen LogP contribution >= 0.6 is 11.3 Å². The van der Waals surface area contributed by atoms with E-state index in [1.807, 2.05) is 42.5 Å². The van der Waals surface area contributed by atoms with Crippen molar-refractivity contribution in [2.24, 2.45) is 0 Å². The van der Waals surface area contributed by atoms with Gasteiger partial charge in [0.2, 0.25) is 0 Å². The zero-order valence-electron chi connectivity index (χ0n) is 17.3. The summed E-state index contributed by atoms with van der Waals surface area (Å²) in [5.41, 5.74) is 5.76. The van der Waals surface area contributed by atoms with Gasteiger partial charge in [0.05, 0.1) is 37.9 Å². The van der Waals surface area contributed by atoms with Crippen molar-refractivity contribution in [3.63, 3.8) is 0 Å². The first-order chi connectivity index (χ1) is 16.3. The van der Waals surface area contributed by atoms with Gasteiger partial charge < -0.3 is 10.3 Å². The topological polar surface area (TPSA) is 95.2 Å². The summed E-state index contributed by atoms with van der Waals surface area (Å²) in [6.45, 7) is 0. The van der Waals surface area contributed by atoms with Crippen LogP contribution in [-0.4, -0.2) is 30.1 Å². The minimum absolute atomic E-state index is 0.751. The van der Waals surface area contributed by atoms with Crippen LogP contribution in [0.1, 0.15) is 21.8 Å². The van der Waals surface area contributed by atoms with E-state index in [9.17, 15) is 0 Å². The third-order valence-corrected chi connectivity index (χ3v) is 6.20. The molecule has 0 aliphatic heterocycles. The molecule has 0 amide bonds. The Labute approximate surface area is 193 Å². The molecule has 2 aromatic carbocycles. The van der Waals surface area contributed by atoms with Crippen LogP contribution in [0, 0.1) is 11.8 Å². The van der Waals surface area contributed by atoms with E-state index >= 15 is 0 Å². The van der Waals surface area contributed by atoms with Gasteiger partial charge in [-0.3, -0.25) is 5.10 Å². The molecule has 33 heavy (non-hydrogen) atoms. The van der Waals surface area contributed by atoms with Crippen LogP contribution in [0.2, 0.25) is 0 Å². The summed E-state index contributed by atoms with van der Waals surface area (Å²) in [5, 5.41) is 10.1. The van der Waals surface area contributed by atoms with Crippen LogP contribution in [0.15, 0.2) is 73.3 Å². The molecular formula is C25H17N7S. The number of hydrogen-bond acceptors (Lipinski definition) is 6. The smallest absolute Gasteiger partial charge is 0.151 e. The number of hydrogen-bond donors (Lipinski definition) is 3. The monoisotopic (exact) mass is 447 g/mol. The standard InChI is InChI=1S/C25H17N7S/c1-2-4-16(5-3-1)10-23-31-20-9-7-18(11-21(20)32-23)30-25-24-22(26-15-27-25)12-19(33-24)8-6-17-13-28-29-14-17/h1-5,7,9,11-15H,10H2,(H,28,29)(H,31,32)(H,26,27,30). The number of fused-ring (bicyclic) bond motifs is 2. The molecule has 0 radical (unpaired) electrons. The molecular weight excluding hydrogens is 430 g/mol. The Hall–Kier alpha value is -4.48. The predicted octanol–water partition coefficient (Wildman–Crippen LogP) is 5.02. The summed E-state index contributed by atoms with van der Waals surface area (Å²) in [6, 6.07) is 18.4. The van der Waals surface area contributed by atoms with Gasteiger partial charge in [-0.05, 0) is 29.8 Å². The number of thiophene rings is 1. The molecule has 0 atom stereocenters. The second-order valence-corrected chi connectivity index (χ2v) is 8.54. The fourth-order valence-corrected chi connectivity index (χ4v) is 4.51. The first-order valence-electron chi connectivity index (χ1n) is 10.4. The molecule has 4 aromatic heterocycles. The van der Waals surface area contributed by atoms with Crippen LogP contribution in [-0.2, 0) is 6.42 Å². The lowest BCUT2D eigenvalue weighted by Gasteiger charge is -2.05. The number of H-pyrrole nitrogens is 2. The predicted molar refractivity (Wildman–Crippen MR) is 131 cm³/mol. The maximum Gasteiger partial charge on any atom is 0.151 e. The number of anilines is 2. The zero-order valence-corrected chi connectivity index (χ0v) is 18.1. The molecule has 3 N–H and O–H groups in total. The van der Waals surface area contributed by atoms with Gasteiger partial charge in [0.15, 0.2) is 5.82 Å². The molecule has 0 spiro atoms. The van der Waals surface area contributed by atoms with Crippen molar-refractivity contribution in [1.82, 2.24) is 30.1 Å². The summed E-state index contributed by atoms with van der Waals surface area (Å²) in [4.78, 5) is 18.0. The van der Waals surface area contributed by atoms with Crippen LogP contribution in [0.3, 0.4) is 0 Å². The normalized spacial score (nSPS) is 10.9. The minimum atomic E-state index is 0.751. The van der Waals surface area contributed by atoms with Crippen molar-refractivity contribution >= 4 is 44.1 Å². The van der Waals surface area contributed by atoms with E-state index in [2.05, 4.69) is 54.4 Å². The lowest BCUT2D eigenvalue weighted by atomic mass is 10.1. The third kappa shape index (κ3) is 4.05. The van der Waals surface area contributed by atoms with Gasteiger partial charge in [-0.1, -0.05) is 42.2 Å². The van der Waals surface area contributed by atoms with E-state index in [0.717, 1.165) is 55.4 Å². The number of aromatic amines is 2. The molecule has 0 bridgehead atoms. The molecule has 0 saturated carbocycles. The number of nitrogens with one attached hydrogen (secondary N) is 3. The van der Waals surface area contributed by atoms with E-state index in [1.165, 1.54) is 5.56 Å². The average Bonchev–Trinajstić information content (AvgIpc) is 3.58. The second kappa shape index (κ2) is 8.22. The molecule has 8 heteroatoms. The summed E-state index contributed by atoms with van der Waals surface area (Å²) in [7, 11) is 0. The summed E-state index contributed by atoms with van der Waals surface area (Å²) in [5.74, 6) is 7.96. The average molecular weight is 448 g/mol. The van der Waals surface area contributed by atoms with E-state index in [1.54, 1.807) is 30.1 Å². The lowest BCUT2D eigenvalue weighted by molar-refractivity contribution is 1.04. The fraction of sp³-hybridized carbons (Fsp3) is 0.0400. The van der Waals surface area contributed by atoms with Crippen LogP contribution in [0.4, 0.5) is 11.5 Å². The highest BCUT2D eigenvalue weighted by Crippen LogP contribution is 2.31. The first-order valence-corrected chi connectivity index (χ1v) is 11.2. The van der Waals surface area contributed by atoms with Gasteiger partial charge >= 0.3 is 0 Å². The van der Waals surface area contributed by atoms with Gasteiger partial charge in [0.1, 0.15) is 12.2 Å². The molecule has 158 valence electrons. The summed E-state index contributed by atoms with van der Waals surface area (Å²) >= 11 is 1.56. The Bertz CT molecular complexity index is 1620. The Morgan fingerprint density at radius 2 is 1.91 bits per heavy atom. The Morgan fingerprint density at radius 1 is 0.970 bits per heavy atom. The third-order valence-electron chi connectivity index (χ3n) is 5.15. The molecule has 0 unspecified atom stereocenters. The van der Waals surface area contributed by atoms with Crippen molar-refractivity contribution < 1.29 is 0 Å². The van der Waals surface area contributed by atoms with Gasteiger partial charge in [-0.2, -0.15) is 5.10 Å². The molecule has 4 heterocycles. The van der Waals surface area contributed by atoms with Crippen LogP contribution in [0.25, 0.3) is 21.3 Å². The minimum Gasteiger partial charge on any atom is -0.342 e. The Morgan fingerprint density at radius 3 is 2.79 bits per heavy atom. The van der Waals surface area contributed by atoms with Gasteiger partial charge in [-0.15, -0.1) is 11.3 Å².